The van der Waals surface area contributed by atoms with Crippen molar-refractivity contribution in [2.45, 2.75) is 26.3 Å². The molecule has 1 aromatic rings. The van der Waals surface area contributed by atoms with Gasteiger partial charge in [0.15, 0.2) is 0 Å². The van der Waals surface area contributed by atoms with Gasteiger partial charge >= 0.3 is 6.36 Å². The number of hydrogen-bond acceptors (Lipinski definition) is 2. The van der Waals surface area contributed by atoms with E-state index in [1.807, 2.05) is 0 Å². The predicted molar refractivity (Wildman–Crippen MR) is 48.4 cm³/mol. The van der Waals surface area contributed by atoms with Crippen LogP contribution in [0.15, 0.2) is 18.2 Å². The zero-order chi connectivity index (χ0) is 11.5. The molecule has 1 aromatic carbocycles. The van der Waals surface area contributed by atoms with Crippen LogP contribution in [0, 0.1) is 0 Å². The van der Waals surface area contributed by atoms with E-state index in [0.717, 1.165) is 0 Å². The van der Waals surface area contributed by atoms with Crippen molar-refractivity contribution in [3.8, 4) is 5.75 Å². The normalized spacial score (nSPS) is 11.5. The summed E-state index contributed by atoms with van der Waals surface area (Å²) in [6, 6.07) is 3.91. The van der Waals surface area contributed by atoms with E-state index in [0.29, 0.717) is 17.5 Å². The van der Waals surface area contributed by atoms with Crippen LogP contribution in [-0.2, 0) is 13.0 Å². The number of rotatable bonds is 3. The number of aliphatic hydroxyl groups excluding tert-OH is 1. The van der Waals surface area contributed by atoms with E-state index in [2.05, 4.69) is 4.74 Å². The molecular weight excluding hydrogens is 209 g/mol. The minimum absolute atomic E-state index is 0.185. The summed E-state index contributed by atoms with van der Waals surface area (Å²) < 4.78 is 39.4. The van der Waals surface area contributed by atoms with Crippen molar-refractivity contribution in [2.24, 2.45) is 0 Å². The number of aliphatic hydroxyl groups is 1. The first-order valence-electron chi connectivity index (χ1n) is 4.44. The van der Waals surface area contributed by atoms with Gasteiger partial charge in [-0.1, -0.05) is 13.0 Å². The van der Waals surface area contributed by atoms with Crippen molar-refractivity contribution in [3.05, 3.63) is 29.3 Å². The molecule has 1 N–H and O–H groups in total. The highest BCUT2D eigenvalue weighted by Crippen LogP contribution is 2.25. The zero-order valence-corrected chi connectivity index (χ0v) is 8.14. The van der Waals surface area contributed by atoms with Crippen LogP contribution in [0.4, 0.5) is 13.2 Å². The maximum atomic E-state index is 11.9. The van der Waals surface area contributed by atoms with Crippen LogP contribution < -0.4 is 4.74 Å². The van der Waals surface area contributed by atoms with Crippen LogP contribution >= 0.6 is 0 Å². The van der Waals surface area contributed by atoms with Crippen molar-refractivity contribution in [3.63, 3.8) is 0 Å². The lowest BCUT2D eigenvalue weighted by molar-refractivity contribution is -0.274. The average molecular weight is 220 g/mol. The van der Waals surface area contributed by atoms with Crippen LogP contribution in [0.25, 0.3) is 0 Å². The minimum Gasteiger partial charge on any atom is -0.406 e. The molecule has 0 saturated carbocycles. The Balaban J connectivity index is 2.93. The Morgan fingerprint density at radius 2 is 1.93 bits per heavy atom. The molecule has 0 heterocycles. The number of alkyl halides is 3. The molecule has 0 aliphatic rings. The van der Waals surface area contributed by atoms with Crippen LogP contribution in [0.2, 0.25) is 0 Å². The molecule has 1 rings (SSSR count). The van der Waals surface area contributed by atoms with Gasteiger partial charge in [0.25, 0.3) is 0 Å². The smallest absolute Gasteiger partial charge is 0.406 e. The molecule has 5 heteroatoms. The Bertz CT molecular complexity index is 334. The number of ether oxygens (including phenoxy) is 1. The monoisotopic (exact) mass is 220 g/mol. The molecule has 15 heavy (non-hydrogen) atoms. The van der Waals surface area contributed by atoms with E-state index in [4.69, 9.17) is 5.11 Å². The summed E-state index contributed by atoms with van der Waals surface area (Å²) in [6.45, 7) is 1.61. The third-order valence-electron chi connectivity index (χ3n) is 1.96. The van der Waals surface area contributed by atoms with E-state index < -0.39 is 6.36 Å². The quantitative estimate of drug-likeness (QED) is 0.848. The number of aryl methyl sites for hydroxylation is 1. The lowest BCUT2D eigenvalue weighted by Crippen LogP contribution is -2.17. The van der Waals surface area contributed by atoms with E-state index in [1.54, 1.807) is 6.92 Å². The third-order valence-corrected chi connectivity index (χ3v) is 1.96. The van der Waals surface area contributed by atoms with Gasteiger partial charge in [-0.3, -0.25) is 0 Å². The Morgan fingerprint density at radius 3 is 2.40 bits per heavy atom. The van der Waals surface area contributed by atoms with Gasteiger partial charge in [0.2, 0.25) is 0 Å². The van der Waals surface area contributed by atoms with Crippen LogP contribution in [0.3, 0.4) is 0 Å². The highest BCUT2D eigenvalue weighted by molar-refractivity contribution is 5.35. The van der Waals surface area contributed by atoms with Gasteiger partial charge in [-0.25, -0.2) is 0 Å². The summed E-state index contributed by atoms with van der Waals surface area (Å²) in [6.07, 6.45) is -4.13. The molecule has 0 aliphatic carbocycles. The van der Waals surface area contributed by atoms with Crippen molar-refractivity contribution in [2.75, 3.05) is 0 Å². The molecule has 0 unspecified atom stereocenters. The molecule has 0 spiro atoms. The topological polar surface area (TPSA) is 29.5 Å². The molecule has 0 bridgehead atoms. The summed E-state index contributed by atoms with van der Waals surface area (Å²) >= 11 is 0. The number of hydrogen-bond donors (Lipinski definition) is 1. The van der Waals surface area contributed by atoms with Gasteiger partial charge in [0.05, 0.1) is 6.61 Å². The first-order valence-corrected chi connectivity index (χ1v) is 4.44. The molecular formula is C10H11F3O2. The summed E-state index contributed by atoms with van der Waals surface area (Å²) in [5.74, 6) is -0.253. The van der Waals surface area contributed by atoms with Crippen LogP contribution in [-0.4, -0.2) is 11.5 Å². The first kappa shape index (κ1) is 11.8. The predicted octanol–water partition coefficient (Wildman–Crippen LogP) is 2.64. The minimum atomic E-state index is -4.67. The van der Waals surface area contributed by atoms with Crippen LogP contribution in [0.5, 0.6) is 5.75 Å². The molecule has 0 fully saturated rings. The fourth-order valence-electron chi connectivity index (χ4n) is 1.28. The van der Waals surface area contributed by atoms with Gasteiger partial charge in [-0.15, -0.1) is 13.2 Å². The van der Waals surface area contributed by atoms with Crippen molar-refractivity contribution in [1.82, 2.24) is 0 Å². The van der Waals surface area contributed by atoms with Gasteiger partial charge in [-0.05, 0) is 29.7 Å². The summed E-state index contributed by atoms with van der Waals surface area (Å²) in [7, 11) is 0. The summed E-state index contributed by atoms with van der Waals surface area (Å²) in [5.41, 5.74) is 1.27. The molecule has 0 amide bonds. The Kier molecular flexibility index (Phi) is 3.57. The maximum Gasteiger partial charge on any atom is 0.573 e. The number of benzene rings is 1. The van der Waals surface area contributed by atoms with E-state index in [-0.39, 0.29) is 12.4 Å². The second-order valence-corrected chi connectivity index (χ2v) is 2.99. The number of halogens is 3. The molecule has 2 nitrogen and oxygen atoms in total. The van der Waals surface area contributed by atoms with Crippen molar-refractivity contribution in [1.29, 1.82) is 0 Å². The van der Waals surface area contributed by atoms with E-state index in [9.17, 15) is 13.2 Å². The van der Waals surface area contributed by atoms with E-state index in [1.165, 1.54) is 18.2 Å². The largest absolute Gasteiger partial charge is 0.573 e. The van der Waals surface area contributed by atoms with Gasteiger partial charge in [0.1, 0.15) is 5.75 Å². The Labute approximate surface area is 85.3 Å². The van der Waals surface area contributed by atoms with Crippen molar-refractivity contribution < 1.29 is 23.0 Å². The molecule has 0 atom stereocenters. The zero-order valence-electron chi connectivity index (χ0n) is 8.14. The molecule has 84 valence electrons. The third kappa shape index (κ3) is 3.43. The van der Waals surface area contributed by atoms with Gasteiger partial charge < -0.3 is 9.84 Å². The summed E-state index contributed by atoms with van der Waals surface area (Å²) in [5, 5.41) is 8.91. The first-order chi connectivity index (χ1) is 6.96. The Hall–Kier alpha value is -1.23. The molecule has 0 aliphatic heterocycles. The SMILES string of the molecule is CCc1cc(OC(F)(F)F)ccc1CO. The fraction of sp³-hybridized carbons (Fsp3) is 0.400. The Morgan fingerprint density at radius 1 is 1.27 bits per heavy atom. The second kappa shape index (κ2) is 4.53. The summed E-state index contributed by atoms with van der Waals surface area (Å²) in [4.78, 5) is 0. The second-order valence-electron chi connectivity index (χ2n) is 2.99. The molecule has 0 aromatic heterocycles. The highest BCUT2D eigenvalue weighted by Gasteiger charge is 2.31. The van der Waals surface area contributed by atoms with Crippen LogP contribution in [0.1, 0.15) is 18.1 Å². The average Bonchev–Trinajstić information content (AvgIpc) is 2.15. The van der Waals surface area contributed by atoms with E-state index >= 15 is 0 Å². The molecule has 0 saturated heterocycles. The standard InChI is InChI=1S/C10H11F3O2/c1-2-7-5-9(15-10(11,12)13)4-3-8(7)6-14/h3-5,14H,2,6H2,1H3. The molecule has 0 radical (unpaired) electrons. The fourth-order valence-corrected chi connectivity index (χ4v) is 1.28. The maximum absolute atomic E-state index is 11.9. The van der Waals surface area contributed by atoms with Gasteiger partial charge in [-0.2, -0.15) is 0 Å². The lowest BCUT2D eigenvalue weighted by Gasteiger charge is -2.11. The van der Waals surface area contributed by atoms with Crippen molar-refractivity contribution >= 4 is 0 Å². The lowest BCUT2D eigenvalue weighted by atomic mass is 10.1. The highest BCUT2D eigenvalue weighted by atomic mass is 19.4. The van der Waals surface area contributed by atoms with Gasteiger partial charge in [0, 0.05) is 0 Å².